The van der Waals surface area contributed by atoms with Crippen molar-refractivity contribution in [2.75, 3.05) is 0 Å². The number of hydrogen-bond acceptors (Lipinski definition) is 0. The van der Waals surface area contributed by atoms with E-state index in [1.165, 1.54) is 18.5 Å². The minimum atomic E-state index is -0.766. The fourth-order valence-electron chi connectivity index (χ4n) is 0.818. The number of hydrogen-bond donors (Lipinski definition) is 0. The molecule has 0 radical (unpaired) electrons. The molecule has 0 atom stereocenters. The largest absolute Gasteiger partial charge is 0.0917 e. The van der Waals surface area contributed by atoms with Crippen molar-refractivity contribution >= 4 is 8.07 Å². The molecule has 0 unspecified atom stereocenters. The zero-order chi connectivity index (χ0) is 8.04. The molecule has 0 aromatic rings. The molecule has 0 rings (SSSR count). The van der Waals surface area contributed by atoms with Crippen molar-refractivity contribution in [2.45, 2.75) is 45.5 Å². The quantitative estimate of drug-likeness (QED) is 0.430. The van der Waals surface area contributed by atoms with Crippen LogP contribution in [0, 0.1) is 0 Å². The van der Waals surface area contributed by atoms with Gasteiger partial charge >= 0.3 is 0 Å². The lowest BCUT2D eigenvalue weighted by Gasteiger charge is -2.18. The summed E-state index contributed by atoms with van der Waals surface area (Å²) in [6.45, 7) is 9.36. The lowest BCUT2D eigenvalue weighted by Crippen LogP contribution is -2.22. The van der Waals surface area contributed by atoms with E-state index < -0.39 is 8.07 Å². The van der Waals surface area contributed by atoms with Crippen molar-refractivity contribution in [1.82, 2.24) is 0 Å². The SMILES string of the molecule is CC=CCC[Si](C)(C)CC. The van der Waals surface area contributed by atoms with E-state index in [9.17, 15) is 0 Å². The average Bonchev–Trinajstić information content (AvgIpc) is 1.89. The minimum absolute atomic E-state index is 0.766. The highest BCUT2D eigenvalue weighted by Crippen LogP contribution is 2.16. The first-order valence-electron chi connectivity index (χ1n) is 4.23. The summed E-state index contributed by atoms with van der Waals surface area (Å²) in [4.78, 5) is 0. The second-order valence-corrected chi connectivity index (χ2v) is 9.16. The van der Waals surface area contributed by atoms with Crippen LogP contribution in [0.15, 0.2) is 12.2 Å². The van der Waals surface area contributed by atoms with E-state index in [0.717, 1.165) is 0 Å². The van der Waals surface area contributed by atoms with E-state index >= 15 is 0 Å². The Balaban J connectivity index is 3.46. The smallest absolute Gasteiger partial charge is 0.0474 e. The van der Waals surface area contributed by atoms with Crippen molar-refractivity contribution < 1.29 is 0 Å². The Hall–Kier alpha value is -0.0431. The molecule has 0 bridgehead atoms. The van der Waals surface area contributed by atoms with E-state index in [1.54, 1.807) is 0 Å². The van der Waals surface area contributed by atoms with Gasteiger partial charge < -0.3 is 0 Å². The molecule has 0 spiro atoms. The molecule has 0 aliphatic carbocycles. The van der Waals surface area contributed by atoms with Gasteiger partial charge in [-0.1, -0.05) is 44.3 Å². The topological polar surface area (TPSA) is 0 Å². The van der Waals surface area contributed by atoms with Crippen molar-refractivity contribution in [3.8, 4) is 0 Å². The molecule has 0 aromatic heterocycles. The molecule has 0 nitrogen and oxygen atoms in total. The van der Waals surface area contributed by atoms with Crippen LogP contribution in [0.2, 0.25) is 25.2 Å². The Labute approximate surface area is 66.4 Å². The average molecular weight is 156 g/mol. The van der Waals surface area contributed by atoms with Crippen LogP contribution in [0.4, 0.5) is 0 Å². The number of allylic oxidation sites excluding steroid dienone is 2. The van der Waals surface area contributed by atoms with Crippen LogP contribution in [0.1, 0.15) is 20.3 Å². The predicted molar refractivity (Wildman–Crippen MR) is 52.2 cm³/mol. The summed E-state index contributed by atoms with van der Waals surface area (Å²) in [5, 5.41) is 0. The summed E-state index contributed by atoms with van der Waals surface area (Å²) < 4.78 is 0. The highest BCUT2D eigenvalue weighted by molar-refractivity contribution is 6.77. The normalized spacial score (nSPS) is 12.8. The van der Waals surface area contributed by atoms with Gasteiger partial charge in [0.15, 0.2) is 0 Å². The first-order chi connectivity index (χ1) is 4.62. The maximum absolute atomic E-state index is 2.47. The first kappa shape index (κ1) is 9.96. The fraction of sp³-hybridized carbons (Fsp3) is 0.778. The summed E-state index contributed by atoms with van der Waals surface area (Å²) >= 11 is 0. The van der Waals surface area contributed by atoms with Gasteiger partial charge in [0, 0.05) is 8.07 Å². The Morgan fingerprint density at radius 2 is 1.90 bits per heavy atom. The summed E-state index contributed by atoms with van der Waals surface area (Å²) in [5.74, 6) is 0. The zero-order valence-corrected chi connectivity index (χ0v) is 8.78. The van der Waals surface area contributed by atoms with Gasteiger partial charge in [-0.3, -0.25) is 0 Å². The second-order valence-electron chi connectivity index (χ2n) is 3.63. The van der Waals surface area contributed by atoms with Crippen molar-refractivity contribution in [3.63, 3.8) is 0 Å². The van der Waals surface area contributed by atoms with E-state index in [1.807, 2.05) is 0 Å². The molecule has 1 heteroatoms. The van der Waals surface area contributed by atoms with Crippen LogP contribution >= 0.6 is 0 Å². The Bertz CT molecular complexity index is 103. The van der Waals surface area contributed by atoms with Gasteiger partial charge in [0.05, 0.1) is 0 Å². The maximum Gasteiger partial charge on any atom is 0.0474 e. The molecule has 0 heterocycles. The van der Waals surface area contributed by atoms with Gasteiger partial charge in [-0.2, -0.15) is 0 Å². The second kappa shape index (κ2) is 4.72. The van der Waals surface area contributed by atoms with Gasteiger partial charge in [0.25, 0.3) is 0 Å². The van der Waals surface area contributed by atoms with Crippen LogP contribution < -0.4 is 0 Å². The van der Waals surface area contributed by atoms with Gasteiger partial charge in [0.1, 0.15) is 0 Å². The van der Waals surface area contributed by atoms with Crippen molar-refractivity contribution in [2.24, 2.45) is 0 Å². The van der Waals surface area contributed by atoms with Crippen molar-refractivity contribution in [3.05, 3.63) is 12.2 Å². The monoisotopic (exact) mass is 156 g/mol. The lowest BCUT2D eigenvalue weighted by atomic mass is 10.4. The molecule has 60 valence electrons. The molecule has 0 aromatic carbocycles. The summed E-state index contributed by atoms with van der Waals surface area (Å²) in [6.07, 6.45) is 5.73. The Morgan fingerprint density at radius 1 is 1.30 bits per heavy atom. The molecule has 0 fully saturated rings. The van der Waals surface area contributed by atoms with E-state index in [0.29, 0.717) is 0 Å². The van der Waals surface area contributed by atoms with Crippen LogP contribution in [-0.4, -0.2) is 8.07 Å². The molecule has 0 saturated carbocycles. The van der Waals surface area contributed by atoms with Gasteiger partial charge in [-0.25, -0.2) is 0 Å². The molecule has 0 amide bonds. The Kier molecular flexibility index (Phi) is 4.70. The van der Waals surface area contributed by atoms with Crippen LogP contribution in [0.5, 0.6) is 0 Å². The molecule has 0 aliphatic rings. The van der Waals surface area contributed by atoms with Gasteiger partial charge in [-0.15, -0.1) is 0 Å². The van der Waals surface area contributed by atoms with Crippen LogP contribution in [0.3, 0.4) is 0 Å². The van der Waals surface area contributed by atoms with E-state index in [-0.39, 0.29) is 0 Å². The fourth-order valence-corrected chi connectivity index (χ4v) is 2.12. The van der Waals surface area contributed by atoms with Crippen LogP contribution in [0.25, 0.3) is 0 Å². The van der Waals surface area contributed by atoms with Gasteiger partial charge in [-0.05, 0) is 13.3 Å². The zero-order valence-electron chi connectivity index (χ0n) is 7.78. The molecule has 0 aliphatic heterocycles. The Morgan fingerprint density at radius 3 is 2.30 bits per heavy atom. The summed E-state index contributed by atoms with van der Waals surface area (Å²) in [6, 6.07) is 2.87. The minimum Gasteiger partial charge on any atom is -0.0917 e. The third-order valence-corrected chi connectivity index (χ3v) is 5.74. The molecule has 0 N–H and O–H groups in total. The van der Waals surface area contributed by atoms with Crippen LogP contribution in [-0.2, 0) is 0 Å². The maximum atomic E-state index is 2.47. The molecule has 0 saturated heterocycles. The third kappa shape index (κ3) is 4.80. The molecule has 10 heavy (non-hydrogen) atoms. The molecular weight excluding hydrogens is 136 g/mol. The third-order valence-electron chi connectivity index (χ3n) is 2.18. The van der Waals surface area contributed by atoms with E-state index in [4.69, 9.17) is 0 Å². The first-order valence-corrected chi connectivity index (χ1v) is 7.65. The highest BCUT2D eigenvalue weighted by Gasteiger charge is 2.15. The summed E-state index contributed by atoms with van der Waals surface area (Å²) in [7, 11) is -0.766. The predicted octanol–water partition coefficient (Wildman–Crippen LogP) is 3.68. The van der Waals surface area contributed by atoms with Gasteiger partial charge in [0.2, 0.25) is 0 Å². The standard InChI is InChI=1S/C9H20Si/c1-5-7-8-9-10(3,4)6-2/h5,7H,6,8-9H2,1-4H3. The van der Waals surface area contributed by atoms with E-state index in [2.05, 4.69) is 39.1 Å². The lowest BCUT2D eigenvalue weighted by molar-refractivity contribution is 1.12. The summed E-state index contributed by atoms with van der Waals surface area (Å²) in [5.41, 5.74) is 0. The highest BCUT2D eigenvalue weighted by atomic mass is 28.3. The number of rotatable bonds is 4. The van der Waals surface area contributed by atoms with Crippen molar-refractivity contribution in [1.29, 1.82) is 0 Å². The molecular formula is C9H20Si.